The lowest BCUT2D eigenvalue weighted by Gasteiger charge is -2.42. The first-order valence-corrected chi connectivity index (χ1v) is 11.9. The van der Waals surface area contributed by atoms with Crippen LogP contribution < -0.4 is 0 Å². The SMILES string of the molecule is O=C(N1CCN(S(=O)(=O)c2cccc(Cl)c2)CC1)C1(c2ccccc2)CCOCC1. The maximum absolute atomic E-state index is 13.6. The molecule has 2 heterocycles. The molecule has 0 unspecified atom stereocenters. The van der Waals surface area contributed by atoms with E-state index in [4.69, 9.17) is 16.3 Å². The number of amides is 1. The normalized spacial score (nSPS) is 20.1. The molecule has 2 aliphatic rings. The fraction of sp³-hybridized carbons (Fsp3) is 0.409. The smallest absolute Gasteiger partial charge is 0.243 e. The largest absolute Gasteiger partial charge is 0.381 e. The number of sulfonamides is 1. The van der Waals surface area contributed by atoms with E-state index in [1.807, 2.05) is 35.2 Å². The molecule has 0 atom stereocenters. The third kappa shape index (κ3) is 3.99. The first-order valence-electron chi connectivity index (χ1n) is 10.1. The van der Waals surface area contributed by atoms with Crippen LogP contribution in [0.3, 0.4) is 0 Å². The maximum Gasteiger partial charge on any atom is 0.243 e. The Balaban J connectivity index is 1.51. The monoisotopic (exact) mass is 448 g/mol. The van der Waals surface area contributed by atoms with Crippen LogP contribution in [0.25, 0.3) is 0 Å². The van der Waals surface area contributed by atoms with Gasteiger partial charge in [-0.1, -0.05) is 48.0 Å². The molecule has 2 aromatic carbocycles. The highest BCUT2D eigenvalue weighted by molar-refractivity contribution is 7.89. The first kappa shape index (κ1) is 21.3. The van der Waals surface area contributed by atoms with Crippen LogP contribution in [0.2, 0.25) is 5.02 Å². The van der Waals surface area contributed by atoms with Gasteiger partial charge in [-0.3, -0.25) is 4.79 Å². The van der Waals surface area contributed by atoms with Crippen molar-refractivity contribution in [1.29, 1.82) is 0 Å². The van der Waals surface area contributed by atoms with Crippen LogP contribution in [0.4, 0.5) is 0 Å². The van der Waals surface area contributed by atoms with Crippen molar-refractivity contribution in [2.75, 3.05) is 39.4 Å². The highest BCUT2D eigenvalue weighted by Crippen LogP contribution is 2.37. The standard InChI is InChI=1S/C22H25ClN2O4S/c23-19-7-4-8-20(17-19)30(27,28)25-13-11-24(12-14-25)21(26)22(9-15-29-16-10-22)18-5-2-1-3-6-18/h1-8,17H,9-16H2. The number of rotatable bonds is 4. The van der Waals surface area contributed by atoms with Crippen LogP contribution in [0, 0.1) is 0 Å². The quantitative estimate of drug-likeness (QED) is 0.721. The molecule has 0 aliphatic carbocycles. The van der Waals surface area contributed by atoms with E-state index in [1.165, 1.54) is 10.4 Å². The van der Waals surface area contributed by atoms with Gasteiger partial charge in [0.25, 0.3) is 0 Å². The molecule has 2 aliphatic heterocycles. The molecular weight excluding hydrogens is 424 g/mol. The van der Waals surface area contributed by atoms with Crippen LogP contribution in [0.5, 0.6) is 0 Å². The highest BCUT2D eigenvalue weighted by Gasteiger charge is 2.45. The summed E-state index contributed by atoms with van der Waals surface area (Å²) < 4.78 is 32.9. The predicted molar refractivity (Wildman–Crippen MR) is 115 cm³/mol. The lowest BCUT2D eigenvalue weighted by Crippen LogP contribution is -2.56. The minimum absolute atomic E-state index is 0.0665. The van der Waals surface area contributed by atoms with Crippen LogP contribution in [-0.2, 0) is 25.0 Å². The summed E-state index contributed by atoms with van der Waals surface area (Å²) in [7, 11) is -3.63. The molecule has 0 saturated carbocycles. The molecular formula is C22H25ClN2O4S. The van der Waals surface area contributed by atoms with Gasteiger partial charge in [-0.15, -0.1) is 0 Å². The summed E-state index contributed by atoms with van der Waals surface area (Å²) in [5, 5.41) is 0.384. The fourth-order valence-electron chi connectivity index (χ4n) is 4.31. The van der Waals surface area contributed by atoms with Crippen molar-refractivity contribution in [2.24, 2.45) is 0 Å². The topological polar surface area (TPSA) is 66.9 Å². The van der Waals surface area contributed by atoms with Gasteiger partial charge in [0.05, 0.1) is 10.3 Å². The summed E-state index contributed by atoms with van der Waals surface area (Å²) in [5.41, 5.74) is 0.403. The van der Waals surface area contributed by atoms with Crippen molar-refractivity contribution in [3.05, 3.63) is 65.2 Å². The van der Waals surface area contributed by atoms with E-state index in [2.05, 4.69) is 0 Å². The van der Waals surface area contributed by atoms with Crippen molar-refractivity contribution in [3.63, 3.8) is 0 Å². The van der Waals surface area contributed by atoms with E-state index >= 15 is 0 Å². The van der Waals surface area contributed by atoms with E-state index in [1.54, 1.807) is 18.2 Å². The Morgan fingerprint density at radius 2 is 1.60 bits per heavy atom. The van der Waals surface area contributed by atoms with E-state index in [-0.39, 0.29) is 23.9 Å². The lowest BCUT2D eigenvalue weighted by atomic mass is 9.73. The average Bonchev–Trinajstić information content (AvgIpc) is 2.80. The third-order valence-electron chi connectivity index (χ3n) is 6.04. The van der Waals surface area contributed by atoms with E-state index < -0.39 is 15.4 Å². The molecule has 4 rings (SSSR count). The zero-order valence-corrected chi connectivity index (χ0v) is 18.2. The summed E-state index contributed by atoms with van der Waals surface area (Å²) in [4.78, 5) is 15.6. The predicted octanol–water partition coefficient (Wildman–Crippen LogP) is 2.92. The number of carbonyl (C=O) groups is 1. The van der Waals surface area contributed by atoms with Gasteiger partial charge in [0.1, 0.15) is 0 Å². The minimum Gasteiger partial charge on any atom is -0.381 e. The van der Waals surface area contributed by atoms with Gasteiger partial charge in [-0.25, -0.2) is 8.42 Å². The summed E-state index contributed by atoms with van der Waals surface area (Å²) in [6.07, 6.45) is 1.27. The molecule has 2 saturated heterocycles. The lowest BCUT2D eigenvalue weighted by molar-refractivity contribution is -0.142. The van der Waals surface area contributed by atoms with Crippen LogP contribution in [0.1, 0.15) is 18.4 Å². The summed E-state index contributed by atoms with van der Waals surface area (Å²) in [6.45, 7) is 2.36. The van der Waals surface area contributed by atoms with E-state index in [9.17, 15) is 13.2 Å². The number of carbonyl (C=O) groups excluding carboxylic acids is 1. The second-order valence-electron chi connectivity index (χ2n) is 7.71. The number of nitrogens with zero attached hydrogens (tertiary/aromatic N) is 2. The number of halogens is 1. The maximum atomic E-state index is 13.6. The first-order chi connectivity index (χ1) is 14.4. The van der Waals surface area contributed by atoms with Gasteiger partial charge < -0.3 is 9.64 Å². The van der Waals surface area contributed by atoms with Crippen molar-refractivity contribution >= 4 is 27.5 Å². The number of hydrogen-bond acceptors (Lipinski definition) is 4. The Kier molecular flexibility index (Phi) is 6.16. The molecule has 8 heteroatoms. The second kappa shape index (κ2) is 8.67. The average molecular weight is 449 g/mol. The van der Waals surface area contributed by atoms with Gasteiger partial charge >= 0.3 is 0 Å². The zero-order valence-electron chi connectivity index (χ0n) is 16.7. The fourth-order valence-corrected chi connectivity index (χ4v) is 6.04. The molecule has 6 nitrogen and oxygen atoms in total. The minimum atomic E-state index is -3.63. The summed E-state index contributed by atoms with van der Waals surface area (Å²) >= 11 is 5.97. The van der Waals surface area contributed by atoms with Crippen molar-refractivity contribution < 1.29 is 17.9 Å². The molecule has 0 N–H and O–H groups in total. The Hall–Kier alpha value is -1.93. The summed E-state index contributed by atoms with van der Waals surface area (Å²) in [5.74, 6) is 0.0665. The van der Waals surface area contributed by atoms with Crippen molar-refractivity contribution in [2.45, 2.75) is 23.2 Å². The van der Waals surface area contributed by atoms with Gasteiger partial charge in [0, 0.05) is 44.4 Å². The van der Waals surface area contributed by atoms with Crippen LogP contribution in [-0.4, -0.2) is 62.9 Å². The Bertz CT molecular complexity index is 999. The number of benzene rings is 2. The third-order valence-corrected chi connectivity index (χ3v) is 8.17. The van der Waals surface area contributed by atoms with Gasteiger partial charge in [0.2, 0.25) is 15.9 Å². The van der Waals surface area contributed by atoms with E-state index in [0.29, 0.717) is 44.2 Å². The molecule has 1 amide bonds. The molecule has 0 bridgehead atoms. The van der Waals surface area contributed by atoms with Gasteiger partial charge in [0.15, 0.2) is 0 Å². The number of ether oxygens (including phenoxy) is 1. The van der Waals surface area contributed by atoms with Crippen LogP contribution in [0.15, 0.2) is 59.5 Å². The summed E-state index contributed by atoms with van der Waals surface area (Å²) in [6, 6.07) is 16.1. The van der Waals surface area contributed by atoms with E-state index in [0.717, 1.165) is 5.56 Å². The Morgan fingerprint density at radius 3 is 2.23 bits per heavy atom. The Morgan fingerprint density at radius 1 is 0.933 bits per heavy atom. The molecule has 0 radical (unpaired) electrons. The van der Waals surface area contributed by atoms with Gasteiger partial charge in [-0.2, -0.15) is 4.31 Å². The van der Waals surface area contributed by atoms with Crippen molar-refractivity contribution in [3.8, 4) is 0 Å². The second-order valence-corrected chi connectivity index (χ2v) is 10.1. The number of hydrogen-bond donors (Lipinski definition) is 0. The highest BCUT2D eigenvalue weighted by atomic mass is 35.5. The zero-order chi connectivity index (χ0) is 21.2. The molecule has 0 aromatic heterocycles. The van der Waals surface area contributed by atoms with Crippen LogP contribution >= 0.6 is 11.6 Å². The molecule has 160 valence electrons. The number of piperazine rings is 1. The molecule has 0 spiro atoms. The van der Waals surface area contributed by atoms with Gasteiger partial charge in [-0.05, 0) is 36.6 Å². The molecule has 2 fully saturated rings. The Labute approximate surface area is 182 Å². The molecule has 30 heavy (non-hydrogen) atoms. The van der Waals surface area contributed by atoms with Crippen molar-refractivity contribution in [1.82, 2.24) is 9.21 Å². The molecule has 2 aromatic rings.